The van der Waals surface area contributed by atoms with Crippen LogP contribution in [0.5, 0.6) is 0 Å². The Balaban J connectivity index is 0.00000288. The fourth-order valence-electron chi connectivity index (χ4n) is 2.67. The standard InChI is InChI=1S/C15H23N3O4S.ClH/c1-22-9-7-17-23(20,21)14-6-2-4-12(10-14)15(19)18-8-3-5-13(18)11-16;/h2,4,6,10,13,17H,3,5,7-9,11,16H2,1H3;1H. The van der Waals surface area contributed by atoms with E-state index in [1.165, 1.54) is 19.2 Å². The van der Waals surface area contributed by atoms with Gasteiger partial charge in [-0.25, -0.2) is 13.1 Å². The summed E-state index contributed by atoms with van der Waals surface area (Å²) in [6, 6.07) is 6.11. The molecular formula is C15H24ClN3O4S. The number of rotatable bonds is 7. The van der Waals surface area contributed by atoms with Gasteiger partial charge in [0.2, 0.25) is 10.0 Å². The molecule has 1 saturated heterocycles. The molecule has 0 spiro atoms. The number of sulfonamides is 1. The van der Waals surface area contributed by atoms with Gasteiger partial charge in [0.05, 0.1) is 11.5 Å². The molecule has 0 radical (unpaired) electrons. The largest absolute Gasteiger partial charge is 0.383 e. The number of amides is 1. The van der Waals surface area contributed by atoms with Gasteiger partial charge in [-0.1, -0.05) is 6.07 Å². The Hall–Kier alpha value is -1.19. The van der Waals surface area contributed by atoms with Crippen molar-refractivity contribution in [2.45, 2.75) is 23.8 Å². The van der Waals surface area contributed by atoms with Crippen molar-refractivity contribution in [3.8, 4) is 0 Å². The molecule has 9 heteroatoms. The molecule has 2 rings (SSSR count). The first-order valence-corrected chi connectivity index (χ1v) is 9.07. The summed E-state index contributed by atoms with van der Waals surface area (Å²) >= 11 is 0. The maximum atomic E-state index is 12.6. The number of carbonyl (C=O) groups is 1. The zero-order valence-electron chi connectivity index (χ0n) is 13.6. The van der Waals surface area contributed by atoms with Crippen LogP contribution in [0.3, 0.4) is 0 Å². The van der Waals surface area contributed by atoms with E-state index in [9.17, 15) is 13.2 Å². The number of carbonyl (C=O) groups excluding carboxylic acids is 1. The number of halogens is 1. The molecule has 1 amide bonds. The van der Waals surface area contributed by atoms with E-state index >= 15 is 0 Å². The highest BCUT2D eigenvalue weighted by molar-refractivity contribution is 7.89. The van der Waals surface area contributed by atoms with Gasteiger partial charge < -0.3 is 15.4 Å². The maximum Gasteiger partial charge on any atom is 0.254 e. The van der Waals surface area contributed by atoms with Crippen LogP contribution in [-0.2, 0) is 14.8 Å². The van der Waals surface area contributed by atoms with Gasteiger partial charge in [0, 0.05) is 38.3 Å². The highest BCUT2D eigenvalue weighted by atomic mass is 35.5. The summed E-state index contributed by atoms with van der Waals surface area (Å²) in [6.07, 6.45) is 1.81. The third kappa shape index (κ3) is 4.90. The number of nitrogens with zero attached hydrogens (tertiary/aromatic N) is 1. The third-order valence-electron chi connectivity index (χ3n) is 3.90. The molecule has 0 saturated carbocycles. The predicted molar refractivity (Wildman–Crippen MR) is 93.9 cm³/mol. The van der Waals surface area contributed by atoms with Crippen LogP contribution in [-0.4, -0.2) is 58.6 Å². The van der Waals surface area contributed by atoms with Crippen molar-refractivity contribution in [1.29, 1.82) is 0 Å². The van der Waals surface area contributed by atoms with E-state index in [0.29, 0.717) is 18.7 Å². The predicted octanol–water partition coefficient (Wildman–Crippen LogP) is 0.596. The zero-order valence-corrected chi connectivity index (χ0v) is 15.2. The quantitative estimate of drug-likeness (QED) is 0.677. The first-order valence-electron chi connectivity index (χ1n) is 7.59. The Bertz CT molecular complexity index is 654. The molecule has 7 nitrogen and oxygen atoms in total. The molecule has 1 atom stereocenters. The van der Waals surface area contributed by atoms with Crippen molar-refractivity contribution in [2.75, 3.05) is 33.4 Å². The number of nitrogens with two attached hydrogens (primary N) is 1. The molecule has 1 aromatic rings. The highest BCUT2D eigenvalue weighted by Crippen LogP contribution is 2.20. The molecule has 3 N–H and O–H groups in total. The molecule has 1 aromatic carbocycles. The molecule has 1 aliphatic heterocycles. The molecule has 0 aromatic heterocycles. The van der Waals surface area contributed by atoms with Crippen molar-refractivity contribution in [2.24, 2.45) is 5.73 Å². The number of hydrogen-bond acceptors (Lipinski definition) is 5. The summed E-state index contributed by atoms with van der Waals surface area (Å²) in [5.74, 6) is -0.174. The van der Waals surface area contributed by atoms with Gasteiger partial charge in [-0.3, -0.25) is 4.79 Å². The summed E-state index contributed by atoms with van der Waals surface area (Å²) in [7, 11) is -2.16. The molecule has 1 unspecified atom stereocenters. The number of methoxy groups -OCH3 is 1. The minimum Gasteiger partial charge on any atom is -0.383 e. The molecule has 136 valence electrons. The van der Waals surface area contributed by atoms with Gasteiger partial charge in [-0.05, 0) is 31.0 Å². The lowest BCUT2D eigenvalue weighted by Crippen LogP contribution is -2.40. The van der Waals surface area contributed by atoms with Gasteiger partial charge >= 0.3 is 0 Å². The molecule has 1 aliphatic rings. The number of benzene rings is 1. The van der Waals surface area contributed by atoms with Gasteiger partial charge in [0.25, 0.3) is 5.91 Å². The Morgan fingerprint density at radius 1 is 1.46 bits per heavy atom. The molecule has 0 aliphatic carbocycles. The van der Waals surface area contributed by atoms with Crippen LogP contribution in [0.2, 0.25) is 0 Å². The summed E-state index contributed by atoms with van der Waals surface area (Å²) < 4.78 is 31.7. The van der Waals surface area contributed by atoms with E-state index in [1.807, 2.05) is 0 Å². The lowest BCUT2D eigenvalue weighted by molar-refractivity contribution is 0.0741. The lowest BCUT2D eigenvalue weighted by Gasteiger charge is -2.23. The minimum atomic E-state index is -3.66. The van der Waals surface area contributed by atoms with Crippen molar-refractivity contribution in [3.05, 3.63) is 29.8 Å². The average Bonchev–Trinajstić information content (AvgIpc) is 3.03. The average molecular weight is 378 g/mol. The fourth-order valence-corrected chi connectivity index (χ4v) is 3.73. The summed E-state index contributed by atoms with van der Waals surface area (Å²) in [6.45, 7) is 1.54. The Labute approximate surface area is 149 Å². The summed E-state index contributed by atoms with van der Waals surface area (Å²) in [5.41, 5.74) is 6.06. The summed E-state index contributed by atoms with van der Waals surface area (Å²) in [4.78, 5) is 14.4. The Kier molecular flexibility index (Phi) is 8.11. The van der Waals surface area contributed by atoms with Crippen LogP contribution >= 0.6 is 12.4 Å². The Morgan fingerprint density at radius 2 is 2.21 bits per heavy atom. The fraction of sp³-hybridized carbons (Fsp3) is 0.533. The van der Waals surface area contributed by atoms with E-state index in [1.54, 1.807) is 17.0 Å². The van der Waals surface area contributed by atoms with E-state index in [0.717, 1.165) is 12.8 Å². The van der Waals surface area contributed by atoms with Crippen LogP contribution in [0.15, 0.2) is 29.2 Å². The van der Waals surface area contributed by atoms with Gasteiger partial charge in [-0.15, -0.1) is 12.4 Å². The second kappa shape index (κ2) is 9.33. The minimum absolute atomic E-state index is 0. The second-order valence-electron chi connectivity index (χ2n) is 5.45. The first kappa shape index (κ1) is 20.9. The monoisotopic (exact) mass is 377 g/mol. The SMILES string of the molecule is COCCNS(=O)(=O)c1cccc(C(=O)N2CCCC2CN)c1.Cl. The van der Waals surface area contributed by atoms with E-state index in [2.05, 4.69) is 4.72 Å². The smallest absolute Gasteiger partial charge is 0.254 e. The number of likely N-dealkylation sites (tertiary alicyclic amines) is 1. The van der Waals surface area contributed by atoms with E-state index in [-0.39, 0.29) is 42.4 Å². The molecule has 1 fully saturated rings. The van der Waals surface area contributed by atoms with Crippen molar-refractivity contribution in [3.63, 3.8) is 0 Å². The van der Waals surface area contributed by atoms with E-state index in [4.69, 9.17) is 10.5 Å². The second-order valence-corrected chi connectivity index (χ2v) is 7.22. The molecular weight excluding hydrogens is 354 g/mol. The number of ether oxygens (including phenoxy) is 1. The zero-order chi connectivity index (χ0) is 16.9. The van der Waals surface area contributed by atoms with Crippen molar-refractivity contribution >= 4 is 28.3 Å². The summed E-state index contributed by atoms with van der Waals surface area (Å²) in [5, 5.41) is 0. The van der Waals surface area contributed by atoms with Crippen LogP contribution < -0.4 is 10.5 Å². The van der Waals surface area contributed by atoms with Gasteiger partial charge in [-0.2, -0.15) is 0 Å². The number of hydrogen-bond donors (Lipinski definition) is 2. The van der Waals surface area contributed by atoms with Gasteiger partial charge in [0.1, 0.15) is 0 Å². The molecule has 24 heavy (non-hydrogen) atoms. The number of nitrogens with one attached hydrogen (secondary N) is 1. The normalized spacial score (nSPS) is 17.6. The topological polar surface area (TPSA) is 102 Å². The van der Waals surface area contributed by atoms with Crippen LogP contribution in [0.25, 0.3) is 0 Å². The molecule has 0 bridgehead atoms. The van der Waals surface area contributed by atoms with Crippen LogP contribution in [0, 0.1) is 0 Å². The first-order chi connectivity index (χ1) is 11.0. The third-order valence-corrected chi connectivity index (χ3v) is 5.36. The van der Waals surface area contributed by atoms with Crippen LogP contribution in [0.1, 0.15) is 23.2 Å². The maximum absolute atomic E-state index is 12.6. The molecule has 1 heterocycles. The van der Waals surface area contributed by atoms with Crippen molar-refractivity contribution in [1.82, 2.24) is 9.62 Å². The van der Waals surface area contributed by atoms with Crippen LogP contribution in [0.4, 0.5) is 0 Å². The van der Waals surface area contributed by atoms with E-state index < -0.39 is 10.0 Å². The van der Waals surface area contributed by atoms with Gasteiger partial charge in [0.15, 0.2) is 0 Å². The lowest BCUT2D eigenvalue weighted by atomic mass is 10.1. The highest BCUT2D eigenvalue weighted by Gasteiger charge is 2.28. The van der Waals surface area contributed by atoms with Crippen molar-refractivity contribution < 1.29 is 17.9 Å². The Morgan fingerprint density at radius 3 is 2.88 bits per heavy atom.